The minimum absolute atomic E-state index is 0.00752. The lowest BCUT2D eigenvalue weighted by atomic mass is 10.1. The second kappa shape index (κ2) is 11.7. The van der Waals surface area contributed by atoms with Crippen LogP contribution < -0.4 is 10.1 Å². The molecule has 0 bridgehead atoms. The highest BCUT2D eigenvalue weighted by Gasteiger charge is 2.18. The molecule has 1 aliphatic rings. The summed E-state index contributed by atoms with van der Waals surface area (Å²) in [6.45, 7) is 3.71. The van der Waals surface area contributed by atoms with Crippen LogP contribution in [0.1, 0.15) is 24.0 Å². The van der Waals surface area contributed by atoms with E-state index in [0.29, 0.717) is 25.6 Å². The lowest BCUT2D eigenvalue weighted by Crippen LogP contribution is -2.38. The molecule has 33 heavy (non-hydrogen) atoms. The Hall–Kier alpha value is -3.09. The molecule has 0 unspecified atom stereocenters. The number of likely N-dealkylation sites (N-methyl/N-ethyl adjacent to an activating group) is 1. The van der Waals surface area contributed by atoms with Gasteiger partial charge in [-0.3, -0.25) is 9.69 Å². The number of rotatable bonds is 10. The fourth-order valence-corrected chi connectivity index (χ4v) is 4.10. The van der Waals surface area contributed by atoms with Crippen LogP contribution in [0.4, 0.5) is 0 Å². The average Bonchev–Trinajstić information content (AvgIpc) is 3.39. The van der Waals surface area contributed by atoms with Crippen molar-refractivity contribution in [2.75, 3.05) is 33.4 Å². The van der Waals surface area contributed by atoms with E-state index in [1.54, 1.807) is 0 Å². The Bertz CT molecular complexity index is 996. The van der Waals surface area contributed by atoms with Crippen LogP contribution in [0.2, 0.25) is 0 Å². The van der Waals surface area contributed by atoms with Crippen molar-refractivity contribution in [3.8, 4) is 11.4 Å². The molecular weight excluding hydrogens is 414 g/mol. The highest BCUT2D eigenvalue weighted by molar-refractivity contribution is 5.78. The Balaban J connectivity index is 1.20. The normalized spacial score (nSPS) is 14.4. The summed E-state index contributed by atoms with van der Waals surface area (Å²) in [5, 5.41) is 3.01. The van der Waals surface area contributed by atoms with Gasteiger partial charge in [0.1, 0.15) is 12.4 Å². The zero-order valence-electron chi connectivity index (χ0n) is 19.3. The third-order valence-electron chi connectivity index (χ3n) is 6.12. The van der Waals surface area contributed by atoms with Gasteiger partial charge in [0.25, 0.3) is 0 Å². The number of ether oxygens (including phenoxy) is 2. The maximum Gasteiger partial charge on any atom is 0.224 e. The lowest BCUT2D eigenvalue weighted by molar-refractivity contribution is -0.120. The van der Waals surface area contributed by atoms with Crippen molar-refractivity contribution in [1.82, 2.24) is 14.8 Å². The summed E-state index contributed by atoms with van der Waals surface area (Å²) < 4.78 is 13.4. The highest BCUT2D eigenvalue weighted by Crippen LogP contribution is 2.16. The molecule has 3 aromatic rings. The van der Waals surface area contributed by atoms with Gasteiger partial charge in [-0.1, -0.05) is 24.3 Å². The second-order valence-electron chi connectivity index (χ2n) is 8.53. The van der Waals surface area contributed by atoms with Crippen molar-refractivity contribution in [2.45, 2.75) is 31.8 Å². The molecule has 6 heteroatoms. The first kappa shape index (κ1) is 23.1. The Morgan fingerprint density at radius 2 is 1.82 bits per heavy atom. The molecule has 6 nitrogen and oxygen atoms in total. The summed E-state index contributed by atoms with van der Waals surface area (Å²) in [6.07, 6.45) is 6.54. The summed E-state index contributed by atoms with van der Waals surface area (Å²) in [5.74, 6) is 0.843. The monoisotopic (exact) mass is 447 g/mol. The van der Waals surface area contributed by atoms with Gasteiger partial charge in [-0.2, -0.15) is 0 Å². The predicted molar refractivity (Wildman–Crippen MR) is 130 cm³/mol. The average molecular weight is 448 g/mol. The largest absolute Gasteiger partial charge is 0.492 e. The first-order valence-corrected chi connectivity index (χ1v) is 11.7. The maximum absolute atomic E-state index is 12.4. The van der Waals surface area contributed by atoms with Crippen LogP contribution in [0.25, 0.3) is 5.69 Å². The Morgan fingerprint density at radius 1 is 1.06 bits per heavy atom. The van der Waals surface area contributed by atoms with Crippen molar-refractivity contribution < 1.29 is 14.3 Å². The van der Waals surface area contributed by atoms with Gasteiger partial charge in [0.15, 0.2) is 0 Å². The molecule has 2 aromatic carbocycles. The number of benzene rings is 2. The van der Waals surface area contributed by atoms with Crippen LogP contribution in [0.5, 0.6) is 5.75 Å². The molecule has 4 rings (SSSR count). The lowest BCUT2D eigenvalue weighted by Gasteiger charge is -2.31. The summed E-state index contributed by atoms with van der Waals surface area (Å²) >= 11 is 0. The van der Waals surface area contributed by atoms with E-state index >= 15 is 0 Å². The zero-order valence-corrected chi connectivity index (χ0v) is 19.3. The number of aromatic nitrogens is 1. The van der Waals surface area contributed by atoms with E-state index in [4.69, 9.17) is 9.47 Å². The van der Waals surface area contributed by atoms with Crippen molar-refractivity contribution in [3.05, 3.63) is 84.2 Å². The van der Waals surface area contributed by atoms with Gasteiger partial charge in [-0.15, -0.1) is 0 Å². The van der Waals surface area contributed by atoms with Gasteiger partial charge in [0.05, 0.1) is 6.42 Å². The molecule has 0 saturated carbocycles. The summed E-state index contributed by atoms with van der Waals surface area (Å²) in [6, 6.07) is 20.6. The SMILES string of the molecule is CN(CCOc1cccc(CNC(=O)Cc2ccc(-n3cccc3)cc2)c1)C1CCOCC1. The highest BCUT2D eigenvalue weighted by atomic mass is 16.5. The zero-order chi connectivity index (χ0) is 22.9. The fourth-order valence-electron chi connectivity index (χ4n) is 4.10. The predicted octanol–water partition coefficient (Wildman–Crippen LogP) is 3.83. The number of carbonyl (C=O) groups excluding carboxylic acids is 1. The first-order chi connectivity index (χ1) is 16.2. The molecule has 1 N–H and O–H groups in total. The van der Waals surface area contributed by atoms with Crippen LogP contribution in [0.15, 0.2) is 73.1 Å². The van der Waals surface area contributed by atoms with Crippen LogP contribution in [0.3, 0.4) is 0 Å². The standard InChI is InChI=1S/C27H33N3O3/c1-29(24-11-16-32-17-12-24)15-18-33-26-6-4-5-23(19-26)21-28-27(31)20-22-7-9-25(10-8-22)30-13-2-3-14-30/h2-10,13-14,19,24H,11-12,15-18,20-21H2,1H3,(H,28,31). The molecule has 0 spiro atoms. The van der Waals surface area contributed by atoms with E-state index in [1.807, 2.05) is 77.6 Å². The molecule has 1 aromatic heterocycles. The summed E-state index contributed by atoms with van der Waals surface area (Å²) in [5.41, 5.74) is 3.11. The molecule has 1 amide bonds. The van der Waals surface area contributed by atoms with E-state index < -0.39 is 0 Å². The molecule has 174 valence electrons. The van der Waals surface area contributed by atoms with Crippen LogP contribution >= 0.6 is 0 Å². The summed E-state index contributed by atoms with van der Waals surface area (Å²) in [7, 11) is 2.15. The molecule has 0 atom stereocenters. The molecule has 1 saturated heterocycles. The second-order valence-corrected chi connectivity index (χ2v) is 8.53. The smallest absolute Gasteiger partial charge is 0.224 e. The van der Waals surface area contributed by atoms with E-state index in [1.165, 1.54) is 0 Å². The molecule has 0 aliphatic carbocycles. The molecule has 0 radical (unpaired) electrons. The number of nitrogens with one attached hydrogen (secondary N) is 1. The van der Waals surface area contributed by atoms with Crippen molar-refractivity contribution >= 4 is 5.91 Å². The van der Waals surface area contributed by atoms with E-state index in [2.05, 4.69) is 17.3 Å². The van der Waals surface area contributed by atoms with E-state index in [-0.39, 0.29) is 5.91 Å². The van der Waals surface area contributed by atoms with E-state index in [9.17, 15) is 4.79 Å². The van der Waals surface area contributed by atoms with Crippen LogP contribution in [-0.4, -0.2) is 54.8 Å². The van der Waals surface area contributed by atoms with Gasteiger partial charge in [0.2, 0.25) is 5.91 Å². The number of nitrogens with zero attached hydrogens (tertiary/aromatic N) is 2. The fraction of sp³-hybridized carbons (Fsp3) is 0.370. The molecule has 1 aliphatic heterocycles. The minimum Gasteiger partial charge on any atom is -0.492 e. The van der Waals surface area contributed by atoms with Gasteiger partial charge >= 0.3 is 0 Å². The number of hydrogen-bond donors (Lipinski definition) is 1. The number of amides is 1. The third kappa shape index (κ3) is 6.94. The topological polar surface area (TPSA) is 55.7 Å². The third-order valence-corrected chi connectivity index (χ3v) is 6.12. The van der Waals surface area contributed by atoms with Crippen molar-refractivity contribution in [3.63, 3.8) is 0 Å². The van der Waals surface area contributed by atoms with Gasteiger partial charge in [0, 0.05) is 50.4 Å². The number of hydrogen-bond acceptors (Lipinski definition) is 4. The van der Waals surface area contributed by atoms with Gasteiger partial charge < -0.3 is 19.4 Å². The van der Waals surface area contributed by atoms with Crippen molar-refractivity contribution in [2.24, 2.45) is 0 Å². The first-order valence-electron chi connectivity index (χ1n) is 11.7. The van der Waals surface area contributed by atoms with Crippen molar-refractivity contribution in [1.29, 1.82) is 0 Å². The van der Waals surface area contributed by atoms with E-state index in [0.717, 1.165) is 55.2 Å². The molecule has 1 fully saturated rings. The summed E-state index contributed by atoms with van der Waals surface area (Å²) in [4.78, 5) is 14.8. The van der Waals surface area contributed by atoms with Gasteiger partial charge in [-0.25, -0.2) is 0 Å². The van der Waals surface area contributed by atoms with Gasteiger partial charge in [-0.05, 0) is 67.4 Å². The minimum atomic E-state index is 0.00752. The van der Waals surface area contributed by atoms with Crippen LogP contribution in [0, 0.1) is 0 Å². The Labute approximate surface area is 196 Å². The Morgan fingerprint density at radius 3 is 2.58 bits per heavy atom. The maximum atomic E-state index is 12.4. The molecule has 2 heterocycles. The number of carbonyl (C=O) groups is 1. The quantitative estimate of drug-likeness (QED) is 0.513. The van der Waals surface area contributed by atoms with Crippen LogP contribution in [-0.2, 0) is 22.5 Å². The molecular formula is C27H33N3O3. The Kier molecular flexibility index (Phi) is 8.17.